The Bertz CT molecular complexity index is 884. The summed E-state index contributed by atoms with van der Waals surface area (Å²) in [5, 5.41) is 0. The zero-order valence-electron chi connectivity index (χ0n) is 16.7. The average Bonchev–Trinajstić information content (AvgIpc) is 3.13. The molecular weight excluding hydrogens is 354 g/mol. The van der Waals surface area contributed by atoms with Crippen LogP contribution >= 0.6 is 0 Å². The number of carbonyl (C=O) groups excluding carboxylic acids is 1. The van der Waals surface area contributed by atoms with Gasteiger partial charge in [-0.2, -0.15) is 0 Å². The minimum Gasteiger partial charge on any atom is -0.497 e. The maximum absolute atomic E-state index is 12.9. The predicted molar refractivity (Wildman–Crippen MR) is 107 cm³/mol. The van der Waals surface area contributed by atoms with Crippen LogP contribution < -0.4 is 9.47 Å². The van der Waals surface area contributed by atoms with E-state index in [-0.39, 0.29) is 11.9 Å². The van der Waals surface area contributed by atoms with Gasteiger partial charge < -0.3 is 18.8 Å². The number of nitrogens with zero attached hydrogens (tertiary/aromatic N) is 1. The predicted octanol–water partition coefficient (Wildman–Crippen LogP) is 4.80. The normalized spacial score (nSPS) is 24.0. The second-order valence-corrected chi connectivity index (χ2v) is 7.69. The van der Waals surface area contributed by atoms with Gasteiger partial charge in [0.15, 0.2) is 0 Å². The molecule has 1 aliphatic carbocycles. The van der Waals surface area contributed by atoms with Crippen molar-refractivity contribution in [1.29, 1.82) is 0 Å². The molecule has 1 saturated carbocycles. The number of hydrogen-bond acceptors (Lipinski definition) is 4. The first-order chi connectivity index (χ1) is 13.6. The van der Waals surface area contributed by atoms with E-state index < -0.39 is 0 Å². The molecule has 4 rings (SSSR count). The first kappa shape index (κ1) is 18.7. The second-order valence-electron chi connectivity index (χ2n) is 7.69. The zero-order chi connectivity index (χ0) is 19.7. The number of ether oxygens (including phenoxy) is 2. The van der Waals surface area contributed by atoms with Crippen molar-refractivity contribution in [2.75, 3.05) is 20.8 Å². The Morgan fingerprint density at radius 2 is 2.04 bits per heavy atom. The van der Waals surface area contributed by atoms with E-state index in [0.717, 1.165) is 48.0 Å². The van der Waals surface area contributed by atoms with Gasteiger partial charge in [-0.25, -0.2) is 0 Å². The fourth-order valence-electron chi connectivity index (χ4n) is 4.08. The number of furan rings is 1. The summed E-state index contributed by atoms with van der Waals surface area (Å²) in [6, 6.07) is 9.69. The molecule has 2 fully saturated rings. The molecule has 5 heteroatoms. The summed E-state index contributed by atoms with van der Waals surface area (Å²) >= 11 is 0. The van der Waals surface area contributed by atoms with Crippen LogP contribution in [-0.2, 0) is 4.79 Å². The minimum atomic E-state index is -0.0123. The number of benzene rings is 1. The van der Waals surface area contributed by atoms with Crippen molar-refractivity contribution in [3.8, 4) is 11.5 Å². The summed E-state index contributed by atoms with van der Waals surface area (Å²) in [6.07, 6.45) is 6.46. The lowest BCUT2D eigenvalue weighted by molar-refractivity contribution is -0.126. The number of carbonyl (C=O) groups is 1. The number of amides is 1. The van der Waals surface area contributed by atoms with Gasteiger partial charge in [0.2, 0.25) is 5.91 Å². The van der Waals surface area contributed by atoms with Crippen LogP contribution in [0.15, 0.2) is 40.8 Å². The molecule has 1 aliphatic heterocycles. The molecule has 0 bridgehead atoms. The van der Waals surface area contributed by atoms with Crippen molar-refractivity contribution in [1.82, 2.24) is 4.90 Å². The molecule has 2 aromatic rings. The molecule has 5 nitrogen and oxygen atoms in total. The van der Waals surface area contributed by atoms with E-state index in [9.17, 15) is 4.79 Å². The van der Waals surface area contributed by atoms with E-state index in [1.165, 1.54) is 6.42 Å². The van der Waals surface area contributed by atoms with Crippen molar-refractivity contribution < 1.29 is 18.7 Å². The maximum Gasteiger partial charge on any atom is 0.247 e. The van der Waals surface area contributed by atoms with Gasteiger partial charge in [-0.05, 0) is 61.6 Å². The molecule has 148 valence electrons. The van der Waals surface area contributed by atoms with Crippen molar-refractivity contribution in [2.24, 2.45) is 5.92 Å². The number of rotatable bonds is 6. The first-order valence-corrected chi connectivity index (χ1v) is 9.91. The second kappa shape index (κ2) is 7.74. The van der Waals surface area contributed by atoms with Gasteiger partial charge in [0, 0.05) is 24.1 Å². The third-order valence-corrected chi connectivity index (χ3v) is 5.84. The molecule has 0 spiro atoms. The van der Waals surface area contributed by atoms with Crippen LogP contribution in [0.4, 0.5) is 0 Å². The van der Waals surface area contributed by atoms with Crippen LogP contribution in [0.2, 0.25) is 0 Å². The van der Waals surface area contributed by atoms with Gasteiger partial charge in [-0.3, -0.25) is 4.79 Å². The van der Waals surface area contributed by atoms with E-state index >= 15 is 0 Å². The average molecular weight is 381 g/mol. The van der Waals surface area contributed by atoms with E-state index in [2.05, 4.69) is 6.92 Å². The summed E-state index contributed by atoms with van der Waals surface area (Å²) in [6.45, 7) is 2.96. The molecule has 2 heterocycles. The molecule has 1 saturated heterocycles. The third-order valence-electron chi connectivity index (χ3n) is 5.84. The summed E-state index contributed by atoms with van der Waals surface area (Å²) < 4.78 is 16.8. The van der Waals surface area contributed by atoms with Gasteiger partial charge in [-0.1, -0.05) is 6.92 Å². The van der Waals surface area contributed by atoms with Crippen LogP contribution in [0.3, 0.4) is 0 Å². The Morgan fingerprint density at radius 1 is 1.21 bits per heavy atom. The van der Waals surface area contributed by atoms with Crippen LogP contribution in [0.25, 0.3) is 6.08 Å². The van der Waals surface area contributed by atoms with Crippen LogP contribution in [0, 0.1) is 5.92 Å². The fourth-order valence-corrected chi connectivity index (χ4v) is 4.08. The Kier molecular flexibility index (Phi) is 5.16. The molecule has 28 heavy (non-hydrogen) atoms. The Hall–Kier alpha value is -2.69. The highest BCUT2D eigenvalue weighted by molar-refractivity contribution is 5.92. The zero-order valence-corrected chi connectivity index (χ0v) is 16.7. The third kappa shape index (κ3) is 3.66. The summed E-state index contributed by atoms with van der Waals surface area (Å²) in [4.78, 5) is 14.8. The molecule has 3 unspecified atom stereocenters. The SMILES string of the molecule is COc1ccc(OC)c(C2CCCN2C(=O)/C=C/c2ccc(C3CC3C)o2)c1. The smallest absolute Gasteiger partial charge is 0.247 e. The van der Waals surface area contributed by atoms with Crippen LogP contribution in [-0.4, -0.2) is 31.6 Å². The number of hydrogen-bond donors (Lipinski definition) is 0. The van der Waals surface area contributed by atoms with Crippen LogP contribution in [0.5, 0.6) is 11.5 Å². The lowest BCUT2D eigenvalue weighted by Gasteiger charge is -2.25. The lowest BCUT2D eigenvalue weighted by atomic mass is 10.0. The Balaban J connectivity index is 1.50. The highest BCUT2D eigenvalue weighted by Crippen LogP contribution is 2.47. The fraction of sp³-hybridized carbons (Fsp3) is 0.435. The molecule has 0 radical (unpaired) electrons. The van der Waals surface area contributed by atoms with E-state index in [0.29, 0.717) is 11.8 Å². The summed E-state index contributed by atoms with van der Waals surface area (Å²) in [5.41, 5.74) is 0.990. The van der Waals surface area contributed by atoms with Crippen molar-refractivity contribution >= 4 is 12.0 Å². The van der Waals surface area contributed by atoms with Crippen LogP contribution in [0.1, 0.15) is 55.2 Å². The highest BCUT2D eigenvalue weighted by atomic mass is 16.5. The highest BCUT2D eigenvalue weighted by Gasteiger charge is 2.36. The lowest BCUT2D eigenvalue weighted by Crippen LogP contribution is -2.29. The molecule has 2 aliphatic rings. The standard InChI is InChI=1S/C23H27NO4/c1-15-13-18(15)22-10-6-16(28-22)8-11-23(25)24-12-4-5-20(24)19-14-17(26-2)7-9-21(19)27-3/h6-11,14-15,18,20H,4-5,12-13H2,1-3H3/b11-8+. The topological polar surface area (TPSA) is 51.9 Å². The molecule has 1 amide bonds. The Morgan fingerprint density at radius 3 is 2.75 bits per heavy atom. The molecule has 3 atom stereocenters. The largest absolute Gasteiger partial charge is 0.497 e. The maximum atomic E-state index is 12.9. The number of likely N-dealkylation sites (tertiary alicyclic amines) is 1. The van der Waals surface area contributed by atoms with Crippen molar-refractivity contribution in [3.63, 3.8) is 0 Å². The van der Waals surface area contributed by atoms with Gasteiger partial charge in [0.1, 0.15) is 23.0 Å². The first-order valence-electron chi connectivity index (χ1n) is 9.91. The monoisotopic (exact) mass is 381 g/mol. The van der Waals surface area contributed by atoms with Crippen molar-refractivity contribution in [3.05, 3.63) is 53.5 Å². The van der Waals surface area contributed by atoms with E-state index in [1.807, 2.05) is 35.2 Å². The van der Waals surface area contributed by atoms with E-state index in [1.54, 1.807) is 26.4 Å². The Labute approximate surface area is 165 Å². The summed E-state index contributed by atoms with van der Waals surface area (Å²) in [5.74, 6) is 4.54. The molecule has 1 aromatic carbocycles. The van der Waals surface area contributed by atoms with Gasteiger partial charge in [0.05, 0.1) is 20.3 Å². The van der Waals surface area contributed by atoms with Crippen molar-refractivity contribution in [2.45, 2.75) is 38.1 Å². The minimum absolute atomic E-state index is 0.00915. The van der Waals surface area contributed by atoms with Gasteiger partial charge in [-0.15, -0.1) is 0 Å². The number of methoxy groups -OCH3 is 2. The molecule has 0 N–H and O–H groups in total. The van der Waals surface area contributed by atoms with E-state index in [4.69, 9.17) is 13.9 Å². The molecular formula is C23H27NO4. The molecule has 1 aromatic heterocycles. The summed E-state index contributed by atoms with van der Waals surface area (Å²) in [7, 11) is 3.30. The quantitative estimate of drug-likeness (QED) is 0.675. The van der Waals surface area contributed by atoms with Gasteiger partial charge in [0.25, 0.3) is 0 Å². The van der Waals surface area contributed by atoms with Gasteiger partial charge >= 0.3 is 0 Å².